The van der Waals surface area contributed by atoms with E-state index in [0.717, 1.165) is 36.1 Å². The van der Waals surface area contributed by atoms with Crippen LogP contribution in [0.25, 0.3) is 0 Å². The first-order valence-corrected chi connectivity index (χ1v) is 10.2. The van der Waals surface area contributed by atoms with Gasteiger partial charge in [-0.1, -0.05) is 0 Å². The molecule has 0 aromatic carbocycles. The minimum Gasteiger partial charge on any atom is -0.462 e. The molecule has 136 valence electrons. The Kier molecular flexibility index (Phi) is 5.11. The predicted molar refractivity (Wildman–Crippen MR) is 99.2 cm³/mol. The summed E-state index contributed by atoms with van der Waals surface area (Å²) in [5, 5.41) is 3.44. The number of aryl methyl sites for hydroxylation is 1. The third-order valence-electron chi connectivity index (χ3n) is 4.61. The van der Waals surface area contributed by atoms with Crippen molar-refractivity contribution in [3.63, 3.8) is 0 Å². The lowest BCUT2D eigenvalue weighted by Crippen LogP contribution is -2.47. The van der Waals surface area contributed by atoms with E-state index in [2.05, 4.69) is 5.32 Å². The van der Waals surface area contributed by atoms with Crippen molar-refractivity contribution in [2.24, 2.45) is 0 Å². The van der Waals surface area contributed by atoms with Gasteiger partial charge in [-0.2, -0.15) is 0 Å². The van der Waals surface area contributed by atoms with Gasteiger partial charge in [0.15, 0.2) is 0 Å². The summed E-state index contributed by atoms with van der Waals surface area (Å²) < 4.78 is 5.18. The molecule has 1 unspecified atom stereocenters. The van der Waals surface area contributed by atoms with Crippen LogP contribution in [0.5, 0.6) is 0 Å². The van der Waals surface area contributed by atoms with Gasteiger partial charge in [-0.15, -0.1) is 23.1 Å². The van der Waals surface area contributed by atoms with Crippen LogP contribution in [0.4, 0.5) is 5.00 Å². The average Bonchev–Trinajstić information content (AvgIpc) is 3.19. The van der Waals surface area contributed by atoms with Crippen LogP contribution in [-0.2, 0) is 27.2 Å². The molecule has 25 heavy (non-hydrogen) atoms. The Labute approximate surface area is 155 Å². The number of carbonyl (C=O) groups excluding carboxylic acids is 3. The minimum absolute atomic E-state index is 0.254. The number of anilines is 1. The molecule has 3 rings (SSSR count). The Balaban J connectivity index is 1.85. The van der Waals surface area contributed by atoms with Crippen LogP contribution in [0.15, 0.2) is 0 Å². The largest absolute Gasteiger partial charge is 0.462 e. The first kappa shape index (κ1) is 18.3. The molecular formula is C17H22N2O4S2. The van der Waals surface area contributed by atoms with Crippen molar-refractivity contribution in [3.05, 3.63) is 16.0 Å². The maximum absolute atomic E-state index is 12.8. The van der Waals surface area contributed by atoms with Crippen LogP contribution < -0.4 is 5.32 Å². The van der Waals surface area contributed by atoms with Crippen LogP contribution in [0, 0.1) is 0 Å². The predicted octanol–water partition coefficient (Wildman–Crippen LogP) is 2.66. The number of thioether (sulfide) groups is 1. The zero-order chi connectivity index (χ0) is 18.2. The molecule has 1 aromatic heterocycles. The van der Waals surface area contributed by atoms with Gasteiger partial charge in [0, 0.05) is 10.6 Å². The highest BCUT2D eigenvalue weighted by molar-refractivity contribution is 8.00. The van der Waals surface area contributed by atoms with Crippen molar-refractivity contribution < 1.29 is 19.1 Å². The van der Waals surface area contributed by atoms with E-state index in [1.807, 2.05) is 13.8 Å². The van der Waals surface area contributed by atoms with Gasteiger partial charge < -0.3 is 15.0 Å². The third kappa shape index (κ3) is 3.29. The summed E-state index contributed by atoms with van der Waals surface area (Å²) in [6.07, 6.45) is 3.51. The Morgan fingerprint density at radius 3 is 2.84 bits per heavy atom. The standard InChI is InChI=1S/C17H22N2O4S2/c1-4-23-16(22)13-10-6-5-7-12(10)25-15(13)18-14(21)11-8-24-17(2,3)19(11)9-20/h9,11H,4-8H2,1-3H3,(H,18,21). The van der Waals surface area contributed by atoms with Gasteiger partial charge in [0.25, 0.3) is 0 Å². The Morgan fingerprint density at radius 1 is 1.40 bits per heavy atom. The lowest BCUT2D eigenvalue weighted by Gasteiger charge is -2.30. The number of carbonyl (C=O) groups is 3. The number of amides is 2. The van der Waals surface area contributed by atoms with E-state index in [4.69, 9.17) is 4.74 Å². The molecule has 1 fully saturated rings. The molecule has 1 saturated heterocycles. The Hall–Kier alpha value is -1.54. The lowest BCUT2D eigenvalue weighted by molar-refractivity contribution is -0.130. The van der Waals surface area contributed by atoms with Crippen molar-refractivity contribution in [2.45, 2.75) is 50.9 Å². The molecule has 6 nitrogen and oxygen atoms in total. The molecular weight excluding hydrogens is 360 g/mol. The molecule has 1 atom stereocenters. The number of nitrogens with zero attached hydrogens (tertiary/aromatic N) is 1. The van der Waals surface area contributed by atoms with E-state index in [1.165, 1.54) is 11.3 Å². The van der Waals surface area contributed by atoms with Gasteiger partial charge in [-0.05, 0) is 45.6 Å². The summed E-state index contributed by atoms with van der Waals surface area (Å²) in [6.45, 7) is 5.90. The summed E-state index contributed by atoms with van der Waals surface area (Å²) >= 11 is 3.02. The van der Waals surface area contributed by atoms with E-state index in [9.17, 15) is 14.4 Å². The monoisotopic (exact) mass is 382 g/mol. The number of thiophene rings is 1. The van der Waals surface area contributed by atoms with Gasteiger partial charge >= 0.3 is 5.97 Å². The highest BCUT2D eigenvalue weighted by Crippen LogP contribution is 2.41. The zero-order valence-electron chi connectivity index (χ0n) is 14.6. The van der Waals surface area contributed by atoms with E-state index in [-0.39, 0.29) is 11.9 Å². The number of esters is 1. The molecule has 2 aliphatic rings. The van der Waals surface area contributed by atoms with Crippen molar-refractivity contribution in [1.82, 2.24) is 4.90 Å². The van der Waals surface area contributed by atoms with E-state index in [0.29, 0.717) is 22.9 Å². The summed E-state index contributed by atoms with van der Waals surface area (Å²) in [4.78, 5) is 38.8. The van der Waals surface area contributed by atoms with Crippen LogP contribution in [0.3, 0.4) is 0 Å². The fourth-order valence-corrected chi connectivity index (χ4v) is 5.80. The molecule has 0 saturated carbocycles. The summed E-state index contributed by atoms with van der Waals surface area (Å²) in [6, 6.07) is -0.538. The average molecular weight is 383 g/mol. The molecule has 0 bridgehead atoms. The normalized spacial score (nSPS) is 21.1. The highest BCUT2D eigenvalue weighted by Gasteiger charge is 2.43. The zero-order valence-corrected chi connectivity index (χ0v) is 16.2. The summed E-state index contributed by atoms with van der Waals surface area (Å²) in [7, 11) is 0. The summed E-state index contributed by atoms with van der Waals surface area (Å²) in [5.74, 6) is -0.0987. The summed E-state index contributed by atoms with van der Waals surface area (Å²) in [5.41, 5.74) is 1.50. The SMILES string of the molecule is CCOC(=O)c1c(NC(=O)C2CSC(C)(C)N2C=O)sc2c1CCC2. The fourth-order valence-electron chi connectivity index (χ4n) is 3.32. The van der Waals surface area contributed by atoms with Crippen molar-refractivity contribution in [1.29, 1.82) is 0 Å². The Bertz CT molecular complexity index is 714. The first-order valence-electron chi connectivity index (χ1n) is 8.39. The molecule has 1 aliphatic carbocycles. The third-order valence-corrected chi connectivity index (χ3v) is 7.21. The van der Waals surface area contributed by atoms with E-state index < -0.39 is 10.9 Å². The van der Waals surface area contributed by atoms with Gasteiger partial charge in [-0.25, -0.2) is 4.79 Å². The van der Waals surface area contributed by atoms with Crippen LogP contribution in [0.1, 0.15) is 48.0 Å². The number of hydrogen-bond acceptors (Lipinski definition) is 6. The second-order valence-electron chi connectivity index (χ2n) is 6.56. The number of rotatable bonds is 5. The van der Waals surface area contributed by atoms with Crippen LogP contribution in [-0.4, -0.2) is 46.5 Å². The van der Waals surface area contributed by atoms with Gasteiger partial charge in [0.05, 0.1) is 17.0 Å². The maximum Gasteiger partial charge on any atom is 0.341 e. The molecule has 0 radical (unpaired) electrons. The topological polar surface area (TPSA) is 75.7 Å². The van der Waals surface area contributed by atoms with E-state index >= 15 is 0 Å². The molecule has 2 heterocycles. The quantitative estimate of drug-likeness (QED) is 0.626. The van der Waals surface area contributed by atoms with Crippen molar-refractivity contribution in [2.75, 3.05) is 17.7 Å². The molecule has 0 spiro atoms. The molecule has 8 heteroatoms. The maximum atomic E-state index is 12.8. The number of ether oxygens (including phenoxy) is 1. The highest BCUT2D eigenvalue weighted by atomic mass is 32.2. The Morgan fingerprint density at radius 2 is 2.16 bits per heavy atom. The number of nitrogens with one attached hydrogen (secondary N) is 1. The van der Waals surface area contributed by atoms with E-state index in [1.54, 1.807) is 23.6 Å². The van der Waals surface area contributed by atoms with Gasteiger partial charge in [0.2, 0.25) is 12.3 Å². The second kappa shape index (κ2) is 6.99. The number of fused-ring (bicyclic) bond motifs is 1. The first-order chi connectivity index (χ1) is 11.9. The van der Waals surface area contributed by atoms with Crippen LogP contribution in [0.2, 0.25) is 0 Å². The van der Waals surface area contributed by atoms with Crippen LogP contribution >= 0.6 is 23.1 Å². The lowest BCUT2D eigenvalue weighted by atomic mass is 10.1. The van der Waals surface area contributed by atoms with Gasteiger partial charge in [0.1, 0.15) is 11.0 Å². The molecule has 1 N–H and O–H groups in total. The molecule has 1 aromatic rings. The van der Waals surface area contributed by atoms with Gasteiger partial charge in [-0.3, -0.25) is 9.59 Å². The minimum atomic E-state index is -0.538. The second-order valence-corrected chi connectivity index (χ2v) is 9.28. The number of hydrogen-bond donors (Lipinski definition) is 1. The van der Waals surface area contributed by atoms with Crippen molar-refractivity contribution >= 4 is 46.4 Å². The fraction of sp³-hybridized carbons (Fsp3) is 0.588. The van der Waals surface area contributed by atoms with Crippen molar-refractivity contribution in [3.8, 4) is 0 Å². The smallest absolute Gasteiger partial charge is 0.341 e. The molecule has 2 amide bonds. The molecule has 1 aliphatic heterocycles.